The minimum absolute atomic E-state index is 0.294. The number of nitrogens with zero attached hydrogens (tertiary/aromatic N) is 2. The van der Waals surface area contributed by atoms with Gasteiger partial charge in [0.25, 0.3) is 0 Å². The van der Waals surface area contributed by atoms with Gasteiger partial charge < -0.3 is 14.4 Å². The predicted octanol–water partition coefficient (Wildman–Crippen LogP) is 3.88. The zero-order valence-electron chi connectivity index (χ0n) is 14.6. The van der Waals surface area contributed by atoms with Crippen molar-refractivity contribution in [2.24, 2.45) is 5.92 Å². The lowest BCUT2D eigenvalue weighted by Gasteiger charge is -2.34. The van der Waals surface area contributed by atoms with Crippen LogP contribution in [0.5, 0.6) is 5.75 Å². The van der Waals surface area contributed by atoms with Gasteiger partial charge in [0, 0.05) is 23.1 Å². The van der Waals surface area contributed by atoms with E-state index in [1.54, 1.807) is 7.11 Å². The molecule has 0 aromatic heterocycles. The van der Waals surface area contributed by atoms with E-state index in [4.69, 9.17) is 9.47 Å². The zero-order chi connectivity index (χ0) is 18.7. The SMILES string of the molecule is COC(=O)C1CN(c2ccc(OC)cc2)C(C#N)(c2ccc(Br)cc2)C1. The fourth-order valence-corrected chi connectivity index (χ4v) is 3.75. The summed E-state index contributed by atoms with van der Waals surface area (Å²) in [5.74, 6) is 0.0758. The van der Waals surface area contributed by atoms with Crippen molar-refractivity contribution < 1.29 is 14.3 Å². The third kappa shape index (κ3) is 3.15. The van der Waals surface area contributed by atoms with E-state index in [1.165, 1.54) is 7.11 Å². The summed E-state index contributed by atoms with van der Waals surface area (Å²) in [5, 5.41) is 10.2. The Kier molecular flexibility index (Phi) is 5.19. The molecule has 1 heterocycles. The first-order valence-electron chi connectivity index (χ1n) is 8.21. The summed E-state index contributed by atoms with van der Waals surface area (Å²) in [4.78, 5) is 14.2. The molecule has 0 spiro atoms. The van der Waals surface area contributed by atoms with Gasteiger partial charge in [0.2, 0.25) is 0 Å². The highest BCUT2D eigenvalue weighted by Gasteiger charge is 2.50. The molecule has 26 heavy (non-hydrogen) atoms. The topological polar surface area (TPSA) is 62.6 Å². The molecule has 1 aliphatic heterocycles. The molecule has 3 rings (SSSR count). The second kappa shape index (κ2) is 7.38. The summed E-state index contributed by atoms with van der Waals surface area (Å²) >= 11 is 3.43. The van der Waals surface area contributed by atoms with Gasteiger partial charge in [-0.25, -0.2) is 0 Å². The molecular weight excluding hydrogens is 396 g/mol. The molecule has 0 aliphatic carbocycles. The molecule has 2 atom stereocenters. The summed E-state index contributed by atoms with van der Waals surface area (Å²) in [6.07, 6.45) is 0.379. The number of methoxy groups -OCH3 is 2. The van der Waals surface area contributed by atoms with Crippen LogP contribution < -0.4 is 9.64 Å². The number of anilines is 1. The summed E-state index contributed by atoms with van der Waals surface area (Å²) < 4.78 is 11.1. The van der Waals surface area contributed by atoms with E-state index in [2.05, 4.69) is 22.0 Å². The van der Waals surface area contributed by atoms with Gasteiger partial charge in [-0.1, -0.05) is 28.1 Å². The van der Waals surface area contributed by atoms with Crippen LogP contribution in [0, 0.1) is 17.2 Å². The molecule has 6 heteroatoms. The van der Waals surface area contributed by atoms with Gasteiger partial charge >= 0.3 is 5.97 Å². The molecule has 134 valence electrons. The summed E-state index contributed by atoms with van der Waals surface area (Å²) in [6, 6.07) is 17.6. The first-order valence-corrected chi connectivity index (χ1v) is 9.00. The Morgan fingerprint density at radius 2 is 1.85 bits per heavy atom. The Morgan fingerprint density at radius 1 is 1.19 bits per heavy atom. The monoisotopic (exact) mass is 414 g/mol. The Labute approximate surface area is 161 Å². The number of rotatable bonds is 4. The summed E-state index contributed by atoms with van der Waals surface area (Å²) in [7, 11) is 2.99. The smallest absolute Gasteiger partial charge is 0.310 e. The minimum Gasteiger partial charge on any atom is -0.497 e. The van der Waals surface area contributed by atoms with Crippen molar-refractivity contribution in [2.75, 3.05) is 25.7 Å². The van der Waals surface area contributed by atoms with Crippen molar-refractivity contribution >= 4 is 27.6 Å². The first kappa shape index (κ1) is 18.3. The van der Waals surface area contributed by atoms with Gasteiger partial charge in [-0.15, -0.1) is 0 Å². The molecule has 2 aromatic carbocycles. The fourth-order valence-electron chi connectivity index (χ4n) is 3.49. The van der Waals surface area contributed by atoms with Crippen LogP contribution in [-0.4, -0.2) is 26.7 Å². The molecule has 0 N–H and O–H groups in total. The maximum atomic E-state index is 12.2. The molecule has 1 aliphatic rings. The Bertz CT molecular complexity index is 830. The number of nitriles is 1. The van der Waals surface area contributed by atoms with E-state index >= 15 is 0 Å². The average Bonchev–Trinajstić information content (AvgIpc) is 3.09. The van der Waals surface area contributed by atoms with Crippen molar-refractivity contribution in [1.82, 2.24) is 0 Å². The van der Waals surface area contributed by atoms with E-state index in [-0.39, 0.29) is 11.9 Å². The van der Waals surface area contributed by atoms with E-state index in [0.29, 0.717) is 13.0 Å². The highest BCUT2D eigenvalue weighted by atomic mass is 79.9. The molecule has 0 saturated carbocycles. The average molecular weight is 415 g/mol. The maximum absolute atomic E-state index is 12.2. The van der Waals surface area contributed by atoms with E-state index in [1.807, 2.05) is 53.4 Å². The highest BCUT2D eigenvalue weighted by molar-refractivity contribution is 9.10. The van der Waals surface area contributed by atoms with Gasteiger partial charge in [-0.05, 0) is 42.0 Å². The fraction of sp³-hybridized carbons (Fsp3) is 0.300. The van der Waals surface area contributed by atoms with Crippen molar-refractivity contribution in [3.05, 3.63) is 58.6 Å². The molecular formula is C20H19BrN2O3. The second-order valence-corrected chi connectivity index (χ2v) is 7.13. The first-order chi connectivity index (χ1) is 12.5. The lowest BCUT2D eigenvalue weighted by atomic mass is 9.86. The number of hydrogen-bond acceptors (Lipinski definition) is 5. The van der Waals surface area contributed by atoms with Gasteiger partial charge in [-0.3, -0.25) is 4.79 Å². The van der Waals surface area contributed by atoms with Crippen molar-refractivity contribution in [1.29, 1.82) is 5.26 Å². The molecule has 0 bridgehead atoms. The van der Waals surface area contributed by atoms with Crippen LogP contribution in [0.25, 0.3) is 0 Å². The quantitative estimate of drug-likeness (QED) is 0.710. The molecule has 1 fully saturated rings. The van der Waals surface area contributed by atoms with Crippen molar-refractivity contribution in [2.45, 2.75) is 12.0 Å². The molecule has 5 nitrogen and oxygen atoms in total. The standard InChI is InChI=1S/C20H19BrN2O3/c1-25-18-9-7-17(8-10-18)23-12-14(19(24)26-2)11-20(23,13-22)15-3-5-16(21)6-4-15/h3-10,14H,11-12H2,1-2H3. The van der Waals surface area contributed by atoms with Crippen LogP contribution in [0.4, 0.5) is 5.69 Å². The van der Waals surface area contributed by atoms with E-state index < -0.39 is 5.54 Å². The highest BCUT2D eigenvalue weighted by Crippen LogP contribution is 2.45. The number of carbonyl (C=O) groups excluding carboxylic acids is 1. The lowest BCUT2D eigenvalue weighted by molar-refractivity contribution is -0.144. The number of halogens is 1. The summed E-state index contributed by atoms with van der Waals surface area (Å²) in [6.45, 7) is 0.419. The largest absolute Gasteiger partial charge is 0.497 e. The van der Waals surface area contributed by atoms with Crippen molar-refractivity contribution in [3.63, 3.8) is 0 Å². The third-order valence-electron chi connectivity index (χ3n) is 4.83. The van der Waals surface area contributed by atoms with Gasteiger partial charge in [0.05, 0.1) is 26.2 Å². The number of esters is 1. The van der Waals surface area contributed by atoms with E-state index in [9.17, 15) is 10.1 Å². The molecule has 1 saturated heterocycles. The van der Waals surface area contributed by atoms with Crippen LogP contribution in [-0.2, 0) is 15.1 Å². The van der Waals surface area contributed by atoms with Crippen LogP contribution in [0.3, 0.4) is 0 Å². The van der Waals surface area contributed by atoms with Crippen LogP contribution >= 0.6 is 15.9 Å². The van der Waals surface area contributed by atoms with Gasteiger partial charge in [-0.2, -0.15) is 5.26 Å². The van der Waals surface area contributed by atoms with E-state index in [0.717, 1.165) is 21.5 Å². The molecule has 2 aromatic rings. The number of carbonyl (C=O) groups is 1. The Morgan fingerprint density at radius 3 is 2.38 bits per heavy atom. The minimum atomic E-state index is -0.936. The van der Waals surface area contributed by atoms with Crippen LogP contribution in [0.15, 0.2) is 53.0 Å². The number of hydrogen-bond donors (Lipinski definition) is 0. The predicted molar refractivity (Wildman–Crippen MR) is 102 cm³/mol. The van der Waals surface area contributed by atoms with Crippen LogP contribution in [0.1, 0.15) is 12.0 Å². The number of benzene rings is 2. The molecule has 0 amide bonds. The lowest BCUT2D eigenvalue weighted by Crippen LogP contribution is -2.40. The second-order valence-electron chi connectivity index (χ2n) is 6.21. The number of ether oxygens (including phenoxy) is 2. The van der Waals surface area contributed by atoms with Gasteiger partial charge in [0.1, 0.15) is 5.75 Å². The third-order valence-corrected chi connectivity index (χ3v) is 5.36. The Hall–Kier alpha value is -2.52. The molecule has 0 radical (unpaired) electrons. The summed E-state index contributed by atoms with van der Waals surface area (Å²) in [5.41, 5.74) is 0.779. The maximum Gasteiger partial charge on any atom is 0.310 e. The normalized spacial score (nSPS) is 21.9. The zero-order valence-corrected chi connectivity index (χ0v) is 16.2. The van der Waals surface area contributed by atoms with Crippen LogP contribution in [0.2, 0.25) is 0 Å². The van der Waals surface area contributed by atoms with Gasteiger partial charge in [0.15, 0.2) is 5.54 Å². The van der Waals surface area contributed by atoms with Crippen molar-refractivity contribution in [3.8, 4) is 11.8 Å². The molecule has 2 unspecified atom stereocenters. The Balaban J connectivity index is 2.08.